The molecule has 7 heteroatoms. The third-order valence-electron chi connectivity index (χ3n) is 8.48. The standard InChI is InChI=1S/C33H43F3N4/c1-8-40(7)30-19-29-27(18-26(30)21(4)17-24-13-10-9-11-14-24)32(39-23(6)38-29)37-22(5)25-15-12-16-28(31(25)34)33(35,36)20(2)3/h8,12,15-16,18-22,24H,1,9-11,13-14,17H2,2-7H3,(H,37,38,39)/t21-,22-/m1/s1. The lowest BCUT2D eigenvalue weighted by atomic mass is 9.80. The van der Waals surface area contributed by atoms with Crippen LogP contribution < -0.4 is 10.2 Å². The second-order valence-electron chi connectivity index (χ2n) is 11.8. The molecule has 1 heterocycles. The number of hydrogen-bond acceptors (Lipinski definition) is 4. The first-order valence-electron chi connectivity index (χ1n) is 14.5. The molecule has 0 spiro atoms. The topological polar surface area (TPSA) is 41.1 Å². The predicted molar refractivity (Wildman–Crippen MR) is 160 cm³/mol. The fourth-order valence-electron chi connectivity index (χ4n) is 5.99. The lowest BCUT2D eigenvalue weighted by Crippen LogP contribution is -2.24. The van der Waals surface area contributed by atoms with Crippen LogP contribution in [0.25, 0.3) is 10.9 Å². The molecular weight excluding hydrogens is 509 g/mol. The van der Waals surface area contributed by atoms with Gasteiger partial charge in [-0.15, -0.1) is 0 Å². The van der Waals surface area contributed by atoms with Gasteiger partial charge in [-0.2, -0.15) is 0 Å². The molecule has 4 rings (SSSR count). The number of fused-ring (bicyclic) bond motifs is 1. The molecule has 1 aromatic heterocycles. The monoisotopic (exact) mass is 552 g/mol. The number of rotatable bonds is 10. The Hall–Kier alpha value is -3.09. The molecule has 0 saturated heterocycles. The van der Waals surface area contributed by atoms with E-state index in [4.69, 9.17) is 4.98 Å². The number of nitrogens with one attached hydrogen (secondary N) is 1. The largest absolute Gasteiger partial charge is 0.363 e. The van der Waals surface area contributed by atoms with Crippen molar-refractivity contribution in [2.45, 2.75) is 91.0 Å². The number of aromatic nitrogens is 2. The molecule has 216 valence electrons. The average molecular weight is 553 g/mol. The number of hydrogen-bond donors (Lipinski definition) is 1. The first-order chi connectivity index (χ1) is 18.9. The molecule has 0 amide bonds. The Bertz CT molecular complexity index is 1350. The Balaban J connectivity index is 1.75. The van der Waals surface area contributed by atoms with Crippen molar-refractivity contribution in [3.63, 3.8) is 0 Å². The number of aryl methyl sites for hydroxylation is 1. The fourth-order valence-corrected chi connectivity index (χ4v) is 5.99. The van der Waals surface area contributed by atoms with Gasteiger partial charge < -0.3 is 10.2 Å². The minimum absolute atomic E-state index is 0.177. The van der Waals surface area contributed by atoms with E-state index in [2.05, 4.69) is 35.9 Å². The van der Waals surface area contributed by atoms with Gasteiger partial charge in [0.05, 0.1) is 17.1 Å². The summed E-state index contributed by atoms with van der Waals surface area (Å²) in [4.78, 5) is 11.4. The van der Waals surface area contributed by atoms with Crippen LogP contribution in [0.5, 0.6) is 0 Å². The van der Waals surface area contributed by atoms with Crippen molar-refractivity contribution >= 4 is 22.4 Å². The molecule has 0 bridgehead atoms. The third kappa shape index (κ3) is 6.13. The second-order valence-corrected chi connectivity index (χ2v) is 11.8. The van der Waals surface area contributed by atoms with E-state index >= 15 is 4.39 Å². The average Bonchev–Trinajstić information content (AvgIpc) is 2.92. The number of halogens is 3. The van der Waals surface area contributed by atoms with Crippen LogP contribution in [0.2, 0.25) is 0 Å². The molecule has 1 aliphatic carbocycles. The Morgan fingerprint density at radius 1 is 1.07 bits per heavy atom. The number of anilines is 2. The minimum Gasteiger partial charge on any atom is -0.363 e. The maximum absolute atomic E-state index is 15.5. The molecule has 1 N–H and O–H groups in total. The van der Waals surface area contributed by atoms with Crippen LogP contribution in [0, 0.1) is 24.6 Å². The molecular formula is C33H43F3N4. The summed E-state index contributed by atoms with van der Waals surface area (Å²) in [6.45, 7) is 12.6. The van der Waals surface area contributed by atoms with Gasteiger partial charge in [-0.3, -0.25) is 0 Å². The van der Waals surface area contributed by atoms with E-state index in [-0.39, 0.29) is 5.56 Å². The summed E-state index contributed by atoms with van der Waals surface area (Å²) in [7, 11) is 1.99. The Kier molecular flexibility index (Phi) is 9.11. The van der Waals surface area contributed by atoms with E-state index in [0.717, 1.165) is 23.0 Å². The van der Waals surface area contributed by atoms with E-state index in [1.165, 1.54) is 63.6 Å². The van der Waals surface area contributed by atoms with E-state index < -0.39 is 29.3 Å². The maximum Gasteiger partial charge on any atom is 0.278 e. The summed E-state index contributed by atoms with van der Waals surface area (Å²) in [5.74, 6) is -3.02. The summed E-state index contributed by atoms with van der Waals surface area (Å²) >= 11 is 0. The molecule has 0 unspecified atom stereocenters. The van der Waals surface area contributed by atoms with Crippen LogP contribution in [0.1, 0.15) is 101 Å². The maximum atomic E-state index is 15.5. The van der Waals surface area contributed by atoms with Gasteiger partial charge in [-0.25, -0.2) is 23.1 Å². The van der Waals surface area contributed by atoms with Gasteiger partial charge >= 0.3 is 0 Å². The highest BCUT2D eigenvalue weighted by Crippen LogP contribution is 2.41. The van der Waals surface area contributed by atoms with Crippen molar-refractivity contribution in [2.24, 2.45) is 11.8 Å². The van der Waals surface area contributed by atoms with Crippen LogP contribution in [0.15, 0.2) is 43.1 Å². The summed E-state index contributed by atoms with van der Waals surface area (Å²) in [6, 6.07) is 7.84. The van der Waals surface area contributed by atoms with Crippen molar-refractivity contribution in [1.82, 2.24) is 9.97 Å². The van der Waals surface area contributed by atoms with Crippen molar-refractivity contribution in [2.75, 3.05) is 17.3 Å². The molecule has 1 aliphatic rings. The lowest BCUT2D eigenvalue weighted by molar-refractivity contribution is -0.0545. The smallest absolute Gasteiger partial charge is 0.278 e. The summed E-state index contributed by atoms with van der Waals surface area (Å²) in [5, 5.41) is 4.16. The minimum atomic E-state index is -3.27. The fraction of sp³-hybridized carbons (Fsp3) is 0.515. The lowest BCUT2D eigenvalue weighted by Gasteiger charge is -2.28. The summed E-state index contributed by atoms with van der Waals surface area (Å²) < 4.78 is 45.1. The molecule has 3 aromatic rings. The van der Waals surface area contributed by atoms with Crippen LogP contribution in [-0.2, 0) is 5.92 Å². The molecule has 0 aliphatic heterocycles. The SMILES string of the molecule is C=CN(C)c1cc2nc(C)nc(N[C@H](C)c3cccc(C(F)(F)C(C)C)c3F)c2cc1[C@H](C)CC1CCCCC1. The van der Waals surface area contributed by atoms with Crippen molar-refractivity contribution in [3.05, 3.63) is 71.4 Å². The molecule has 1 saturated carbocycles. The normalized spacial score (nSPS) is 16.2. The Morgan fingerprint density at radius 2 is 1.77 bits per heavy atom. The van der Waals surface area contributed by atoms with Crippen molar-refractivity contribution in [3.8, 4) is 0 Å². The van der Waals surface area contributed by atoms with Gasteiger partial charge in [0.15, 0.2) is 0 Å². The zero-order valence-electron chi connectivity index (χ0n) is 24.7. The van der Waals surface area contributed by atoms with Gasteiger partial charge in [-0.1, -0.05) is 77.7 Å². The summed E-state index contributed by atoms with van der Waals surface area (Å²) in [5.41, 5.74) is 2.61. The number of nitrogens with zero attached hydrogens (tertiary/aromatic N) is 3. The zero-order chi connectivity index (χ0) is 29.2. The molecule has 2 aromatic carbocycles. The molecule has 2 atom stereocenters. The zero-order valence-corrected chi connectivity index (χ0v) is 24.7. The van der Waals surface area contributed by atoms with Gasteiger partial charge in [-0.05, 0) is 56.0 Å². The second kappa shape index (κ2) is 12.2. The van der Waals surface area contributed by atoms with Gasteiger partial charge in [0.2, 0.25) is 0 Å². The highest BCUT2D eigenvalue weighted by atomic mass is 19.3. The van der Waals surface area contributed by atoms with E-state index in [0.29, 0.717) is 23.5 Å². The quantitative estimate of drug-likeness (QED) is 0.272. The predicted octanol–water partition coefficient (Wildman–Crippen LogP) is 9.65. The van der Waals surface area contributed by atoms with Crippen LogP contribution in [-0.4, -0.2) is 17.0 Å². The Labute approximate surface area is 237 Å². The number of benzene rings is 2. The van der Waals surface area contributed by atoms with E-state index in [1.807, 2.05) is 18.9 Å². The van der Waals surface area contributed by atoms with Crippen LogP contribution in [0.3, 0.4) is 0 Å². The van der Waals surface area contributed by atoms with Gasteiger partial charge in [0.1, 0.15) is 17.5 Å². The molecule has 0 radical (unpaired) electrons. The highest BCUT2D eigenvalue weighted by Gasteiger charge is 2.39. The van der Waals surface area contributed by atoms with E-state index in [9.17, 15) is 8.78 Å². The Morgan fingerprint density at radius 3 is 2.42 bits per heavy atom. The van der Waals surface area contributed by atoms with E-state index in [1.54, 1.807) is 19.2 Å². The van der Waals surface area contributed by atoms with Gasteiger partial charge in [0.25, 0.3) is 5.92 Å². The highest BCUT2D eigenvalue weighted by molar-refractivity contribution is 5.93. The number of alkyl halides is 2. The van der Waals surface area contributed by atoms with Crippen LogP contribution in [0.4, 0.5) is 24.7 Å². The van der Waals surface area contributed by atoms with Gasteiger partial charge in [0, 0.05) is 29.6 Å². The van der Waals surface area contributed by atoms with Crippen molar-refractivity contribution in [1.29, 1.82) is 0 Å². The first-order valence-corrected chi connectivity index (χ1v) is 14.5. The first kappa shape index (κ1) is 29.9. The molecule has 40 heavy (non-hydrogen) atoms. The van der Waals surface area contributed by atoms with Crippen LogP contribution >= 0.6 is 0 Å². The summed E-state index contributed by atoms with van der Waals surface area (Å²) in [6.07, 6.45) is 9.39. The third-order valence-corrected chi connectivity index (χ3v) is 8.48. The molecule has 4 nitrogen and oxygen atoms in total. The van der Waals surface area contributed by atoms with Crippen molar-refractivity contribution < 1.29 is 13.2 Å². The molecule has 1 fully saturated rings.